The number of sulfone groups is 1. The summed E-state index contributed by atoms with van der Waals surface area (Å²) in [5.41, 5.74) is 1.98. The van der Waals surface area contributed by atoms with Crippen LogP contribution in [-0.4, -0.2) is 26.3 Å². The summed E-state index contributed by atoms with van der Waals surface area (Å²) in [5.74, 6) is 0. The van der Waals surface area contributed by atoms with E-state index in [0.29, 0.717) is 10.9 Å². The Balaban J connectivity index is 2.18. The third-order valence-electron chi connectivity index (χ3n) is 4.38. The van der Waals surface area contributed by atoms with E-state index in [1.807, 2.05) is 26.0 Å². The Morgan fingerprint density at radius 1 is 1.24 bits per heavy atom. The maximum atomic E-state index is 12.9. The molecule has 21 heavy (non-hydrogen) atoms. The first-order chi connectivity index (χ1) is 9.95. The summed E-state index contributed by atoms with van der Waals surface area (Å²) in [5, 5.41) is 3.25. The van der Waals surface area contributed by atoms with Crippen molar-refractivity contribution >= 4 is 9.84 Å². The highest BCUT2D eigenvalue weighted by Gasteiger charge is 2.33. The summed E-state index contributed by atoms with van der Waals surface area (Å²) in [6.45, 7) is 7.00. The van der Waals surface area contributed by atoms with Crippen LogP contribution < -0.4 is 5.32 Å². The van der Waals surface area contributed by atoms with Crippen LogP contribution in [0.25, 0.3) is 0 Å². The summed E-state index contributed by atoms with van der Waals surface area (Å²) in [6, 6.07) is 5.99. The van der Waals surface area contributed by atoms with E-state index in [2.05, 4.69) is 12.2 Å². The molecule has 0 aliphatic heterocycles. The minimum Gasteiger partial charge on any atom is -0.314 e. The molecule has 0 saturated heterocycles. The third-order valence-corrected chi connectivity index (χ3v) is 6.76. The van der Waals surface area contributed by atoms with Crippen molar-refractivity contribution in [3.05, 3.63) is 29.3 Å². The minimum absolute atomic E-state index is 0.234. The van der Waals surface area contributed by atoms with Gasteiger partial charge in [0.15, 0.2) is 9.84 Å². The molecule has 0 bridgehead atoms. The van der Waals surface area contributed by atoms with E-state index in [1.165, 1.54) is 0 Å². The lowest BCUT2D eigenvalue weighted by atomic mass is 9.95. The maximum Gasteiger partial charge on any atom is 0.181 e. The van der Waals surface area contributed by atoms with Crippen molar-refractivity contribution in [2.75, 3.05) is 6.54 Å². The quantitative estimate of drug-likeness (QED) is 0.907. The van der Waals surface area contributed by atoms with Gasteiger partial charge in [-0.3, -0.25) is 0 Å². The summed E-state index contributed by atoms with van der Waals surface area (Å²) in [4.78, 5) is 0.522. The van der Waals surface area contributed by atoms with Crippen LogP contribution in [-0.2, 0) is 9.84 Å². The molecular formula is C17H27NO2S. The first-order valence-corrected chi connectivity index (χ1v) is 9.54. The van der Waals surface area contributed by atoms with Crippen LogP contribution >= 0.6 is 0 Å². The fraction of sp³-hybridized carbons (Fsp3) is 0.647. The van der Waals surface area contributed by atoms with Gasteiger partial charge >= 0.3 is 0 Å². The topological polar surface area (TPSA) is 46.2 Å². The monoisotopic (exact) mass is 309 g/mol. The van der Waals surface area contributed by atoms with E-state index in [-0.39, 0.29) is 5.25 Å². The summed E-state index contributed by atoms with van der Waals surface area (Å²) >= 11 is 0. The molecule has 3 nitrogen and oxygen atoms in total. The zero-order valence-corrected chi connectivity index (χ0v) is 14.2. The predicted octanol–water partition coefficient (Wildman–Crippen LogP) is 3.39. The van der Waals surface area contributed by atoms with Crippen molar-refractivity contribution in [3.63, 3.8) is 0 Å². The van der Waals surface area contributed by atoms with E-state index in [9.17, 15) is 8.42 Å². The molecule has 4 heteroatoms. The van der Waals surface area contributed by atoms with Crippen molar-refractivity contribution in [2.24, 2.45) is 0 Å². The highest BCUT2D eigenvalue weighted by atomic mass is 32.2. The van der Waals surface area contributed by atoms with Crippen molar-refractivity contribution in [1.29, 1.82) is 0 Å². The Morgan fingerprint density at radius 2 is 2.00 bits per heavy atom. The van der Waals surface area contributed by atoms with E-state index < -0.39 is 9.84 Å². The van der Waals surface area contributed by atoms with Gasteiger partial charge in [0.25, 0.3) is 0 Å². The maximum absolute atomic E-state index is 12.9. The lowest BCUT2D eigenvalue weighted by Crippen LogP contribution is -2.39. The first-order valence-electron chi connectivity index (χ1n) is 7.99. The third kappa shape index (κ3) is 3.86. The van der Waals surface area contributed by atoms with Gasteiger partial charge in [0.2, 0.25) is 0 Å². The van der Waals surface area contributed by atoms with Crippen LogP contribution in [0.3, 0.4) is 0 Å². The Labute approximate surface area is 129 Å². The van der Waals surface area contributed by atoms with Crippen molar-refractivity contribution in [1.82, 2.24) is 5.32 Å². The van der Waals surface area contributed by atoms with E-state index in [0.717, 1.165) is 49.8 Å². The number of hydrogen-bond donors (Lipinski definition) is 1. The van der Waals surface area contributed by atoms with Crippen LogP contribution in [0.5, 0.6) is 0 Å². The molecule has 0 heterocycles. The van der Waals surface area contributed by atoms with Gasteiger partial charge in [-0.1, -0.05) is 31.0 Å². The molecule has 1 saturated carbocycles. The van der Waals surface area contributed by atoms with Gasteiger partial charge in [0, 0.05) is 6.04 Å². The largest absolute Gasteiger partial charge is 0.314 e. The number of rotatable bonds is 5. The standard InChI is InChI=1S/C17H27NO2S/c1-4-10-18-15-6-5-7-16(12-15)21(19,20)17-9-8-13(2)11-14(17)3/h8-9,11,15-16,18H,4-7,10,12H2,1-3H3. The van der Waals surface area contributed by atoms with Crippen molar-refractivity contribution in [3.8, 4) is 0 Å². The summed E-state index contributed by atoms with van der Waals surface area (Å²) in [6.07, 6.45) is 4.72. The lowest BCUT2D eigenvalue weighted by molar-refractivity contribution is 0.372. The lowest BCUT2D eigenvalue weighted by Gasteiger charge is -2.30. The Kier molecular flexibility index (Phi) is 5.44. The predicted molar refractivity (Wildman–Crippen MR) is 87.4 cm³/mol. The van der Waals surface area contributed by atoms with Crippen LogP contribution in [0.2, 0.25) is 0 Å². The average molecular weight is 309 g/mol. The molecule has 0 amide bonds. The van der Waals surface area contributed by atoms with E-state index >= 15 is 0 Å². The molecule has 0 radical (unpaired) electrons. The molecule has 1 aliphatic carbocycles. The first kappa shape index (κ1) is 16.5. The second-order valence-electron chi connectivity index (χ2n) is 6.25. The van der Waals surface area contributed by atoms with Gasteiger partial charge in [0.1, 0.15) is 0 Å². The molecule has 2 rings (SSSR count). The zero-order chi connectivity index (χ0) is 15.5. The van der Waals surface area contributed by atoms with Gasteiger partial charge in [-0.05, 0) is 57.7 Å². The van der Waals surface area contributed by atoms with E-state index in [1.54, 1.807) is 6.07 Å². The normalized spacial score (nSPS) is 23.2. The van der Waals surface area contributed by atoms with Gasteiger partial charge in [0.05, 0.1) is 10.1 Å². The Hall–Kier alpha value is -0.870. The number of benzene rings is 1. The second-order valence-corrected chi connectivity index (χ2v) is 8.45. The highest BCUT2D eigenvalue weighted by Crippen LogP contribution is 2.30. The number of hydrogen-bond acceptors (Lipinski definition) is 3. The second kappa shape index (κ2) is 6.93. The minimum atomic E-state index is -3.21. The molecular weight excluding hydrogens is 282 g/mol. The molecule has 118 valence electrons. The van der Waals surface area contributed by atoms with Crippen molar-refractivity contribution < 1.29 is 8.42 Å². The number of aryl methyl sites for hydroxylation is 2. The molecule has 1 N–H and O–H groups in total. The molecule has 0 spiro atoms. The highest BCUT2D eigenvalue weighted by molar-refractivity contribution is 7.92. The van der Waals surface area contributed by atoms with Gasteiger partial charge in [-0.15, -0.1) is 0 Å². The Bertz CT molecular complexity index is 580. The van der Waals surface area contributed by atoms with Crippen LogP contribution in [0, 0.1) is 13.8 Å². The molecule has 1 aromatic rings. The fourth-order valence-electron chi connectivity index (χ4n) is 3.26. The molecule has 1 fully saturated rings. The van der Waals surface area contributed by atoms with Crippen LogP contribution in [0.4, 0.5) is 0 Å². The zero-order valence-electron chi connectivity index (χ0n) is 13.4. The Morgan fingerprint density at radius 3 is 2.67 bits per heavy atom. The van der Waals surface area contributed by atoms with Crippen LogP contribution in [0.15, 0.2) is 23.1 Å². The molecule has 2 atom stereocenters. The van der Waals surface area contributed by atoms with Gasteiger partial charge in [-0.2, -0.15) is 0 Å². The van der Waals surface area contributed by atoms with Crippen molar-refractivity contribution in [2.45, 2.75) is 69.1 Å². The van der Waals surface area contributed by atoms with Crippen LogP contribution in [0.1, 0.15) is 50.2 Å². The van der Waals surface area contributed by atoms with Gasteiger partial charge in [-0.25, -0.2) is 8.42 Å². The smallest absolute Gasteiger partial charge is 0.181 e. The fourth-order valence-corrected chi connectivity index (χ4v) is 5.35. The molecule has 1 aliphatic rings. The van der Waals surface area contributed by atoms with Gasteiger partial charge < -0.3 is 5.32 Å². The molecule has 1 aromatic carbocycles. The summed E-state index contributed by atoms with van der Waals surface area (Å²) in [7, 11) is -3.21. The SMILES string of the molecule is CCCNC1CCCC(S(=O)(=O)c2ccc(C)cc2C)C1. The number of nitrogens with one attached hydrogen (secondary N) is 1. The summed E-state index contributed by atoms with van der Waals surface area (Å²) < 4.78 is 25.8. The molecule has 0 aromatic heterocycles. The average Bonchev–Trinajstić information content (AvgIpc) is 2.45. The molecule has 2 unspecified atom stereocenters. The van der Waals surface area contributed by atoms with E-state index in [4.69, 9.17) is 0 Å².